The van der Waals surface area contributed by atoms with Gasteiger partial charge in [0.25, 0.3) is 0 Å². The number of rotatable bonds is 9. The van der Waals surface area contributed by atoms with E-state index in [4.69, 9.17) is 9.26 Å². The second kappa shape index (κ2) is 9.18. The first kappa shape index (κ1) is 22.5. The summed E-state index contributed by atoms with van der Waals surface area (Å²) >= 11 is 0. The first-order chi connectivity index (χ1) is 15.9. The number of hydrogen-bond acceptors (Lipinski definition) is 5. The zero-order valence-corrected chi connectivity index (χ0v) is 19.8. The molecule has 0 aromatic heterocycles. The van der Waals surface area contributed by atoms with Crippen molar-refractivity contribution in [2.45, 2.75) is 51.0 Å². The van der Waals surface area contributed by atoms with E-state index in [2.05, 4.69) is 12.1 Å². The van der Waals surface area contributed by atoms with Crippen molar-refractivity contribution in [3.8, 4) is 11.5 Å². The van der Waals surface area contributed by atoms with Crippen LogP contribution in [0.2, 0.25) is 0 Å². The third-order valence-electron chi connectivity index (χ3n) is 6.69. The molecule has 0 amide bonds. The molecule has 3 fully saturated rings. The van der Waals surface area contributed by atoms with Crippen molar-refractivity contribution in [2.75, 3.05) is 26.2 Å². The molecule has 2 aromatic rings. The molecule has 176 valence electrons. The van der Waals surface area contributed by atoms with Gasteiger partial charge in [-0.1, -0.05) is 31.4 Å². The van der Waals surface area contributed by atoms with Gasteiger partial charge in [-0.15, -0.1) is 0 Å². The maximum absolute atomic E-state index is 13.3. The van der Waals surface area contributed by atoms with Crippen molar-refractivity contribution < 1.29 is 18.7 Å². The number of ether oxygens (including phenoxy) is 1. The summed E-state index contributed by atoms with van der Waals surface area (Å²) in [6.07, 6.45) is 5.78. The summed E-state index contributed by atoms with van der Waals surface area (Å²) in [5, 5.41) is 11.6. The Bertz CT molecular complexity index is 1050. The van der Waals surface area contributed by atoms with Crippen LogP contribution in [0.15, 0.2) is 42.5 Å². The van der Waals surface area contributed by atoms with Gasteiger partial charge in [0, 0.05) is 32.2 Å². The minimum atomic E-state index is -3.00. The van der Waals surface area contributed by atoms with E-state index >= 15 is 0 Å². The highest BCUT2D eigenvalue weighted by Crippen LogP contribution is 2.63. The Balaban J connectivity index is 1.34. The molecule has 5 rings (SSSR count). The van der Waals surface area contributed by atoms with E-state index in [9.17, 15) is 14.7 Å². The molecule has 9 heteroatoms. The molecule has 3 aliphatic rings. The van der Waals surface area contributed by atoms with Crippen LogP contribution in [0.1, 0.15) is 62.2 Å². The fourth-order valence-corrected chi connectivity index (χ4v) is 6.91. The SMILES string of the molecule is CC(OP(=O)(N1CC1)N1CC1)c1ccc([N+](=O)[O-])c(Oc2ccc(C3CCCCC3)cc2)c1. The smallest absolute Gasteiger partial charge is 0.346 e. The van der Waals surface area contributed by atoms with Gasteiger partial charge >= 0.3 is 13.4 Å². The van der Waals surface area contributed by atoms with Gasteiger partial charge in [0.15, 0.2) is 0 Å². The van der Waals surface area contributed by atoms with Crippen molar-refractivity contribution in [1.82, 2.24) is 9.34 Å². The Labute approximate surface area is 194 Å². The van der Waals surface area contributed by atoms with Gasteiger partial charge in [0.05, 0.1) is 11.0 Å². The number of nitro groups is 1. The second-order valence-electron chi connectivity index (χ2n) is 9.14. The van der Waals surface area contributed by atoms with Crippen LogP contribution in [0.3, 0.4) is 0 Å². The van der Waals surface area contributed by atoms with Gasteiger partial charge in [-0.05, 0) is 61.1 Å². The van der Waals surface area contributed by atoms with Crippen LogP contribution >= 0.6 is 7.67 Å². The zero-order valence-electron chi connectivity index (χ0n) is 18.9. The largest absolute Gasteiger partial charge is 0.450 e. The lowest BCUT2D eigenvalue weighted by molar-refractivity contribution is -0.385. The fourth-order valence-electron chi connectivity index (χ4n) is 4.56. The summed E-state index contributed by atoms with van der Waals surface area (Å²) in [5.74, 6) is 1.30. The Morgan fingerprint density at radius 2 is 1.64 bits per heavy atom. The minimum absolute atomic E-state index is 0.109. The third kappa shape index (κ3) is 4.99. The molecule has 2 heterocycles. The van der Waals surface area contributed by atoms with Gasteiger partial charge in [0.2, 0.25) is 5.75 Å². The van der Waals surface area contributed by atoms with E-state index in [-0.39, 0.29) is 11.4 Å². The van der Waals surface area contributed by atoms with Crippen molar-refractivity contribution in [2.24, 2.45) is 0 Å². The van der Waals surface area contributed by atoms with E-state index in [0.717, 1.165) is 26.2 Å². The van der Waals surface area contributed by atoms with Crippen molar-refractivity contribution in [3.63, 3.8) is 0 Å². The standard InChI is InChI=1S/C24H30N3O5P/c1-18(32-33(30,25-13-14-25)26-15-16-26)21-9-12-23(27(28)29)24(17-21)31-22-10-7-20(8-11-22)19-5-3-2-4-6-19/h7-12,17-19H,2-6,13-16H2,1H3. The van der Waals surface area contributed by atoms with Gasteiger partial charge in [-0.25, -0.2) is 9.34 Å². The van der Waals surface area contributed by atoms with Crippen molar-refractivity contribution in [1.29, 1.82) is 0 Å². The van der Waals surface area contributed by atoms with Crippen LogP contribution in [0.5, 0.6) is 11.5 Å². The van der Waals surface area contributed by atoms with Gasteiger partial charge in [-0.3, -0.25) is 19.2 Å². The highest BCUT2D eigenvalue weighted by atomic mass is 31.2. The number of nitro benzene ring substituents is 1. The van der Waals surface area contributed by atoms with Crippen LogP contribution in [-0.2, 0) is 9.09 Å². The predicted molar refractivity (Wildman–Crippen MR) is 126 cm³/mol. The van der Waals surface area contributed by atoms with Crippen LogP contribution < -0.4 is 4.74 Å². The molecule has 8 nitrogen and oxygen atoms in total. The molecule has 0 N–H and O–H groups in total. The molecular weight excluding hydrogens is 441 g/mol. The van der Waals surface area contributed by atoms with Gasteiger partial charge in [-0.2, -0.15) is 0 Å². The molecule has 2 aromatic carbocycles. The maximum Gasteiger partial charge on any atom is 0.346 e. The average Bonchev–Trinajstić information content (AvgIpc) is 3.72. The lowest BCUT2D eigenvalue weighted by atomic mass is 9.84. The van der Waals surface area contributed by atoms with Crippen LogP contribution in [-0.4, -0.2) is 40.4 Å². The quantitative estimate of drug-likeness (QED) is 0.185. The maximum atomic E-state index is 13.3. The molecule has 2 saturated heterocycles. The average molecular weight is 471 g/mol. The summed E-state index contributed by atoms with van der Waals surface area (Å²) in [7, 11) is -3.00. The number of benzene rings is 2. The predicted octanol–water partition coefficient (Wildman–Crippen LogP) is 6.25. The Morgan fingerprint density at radius 1 is 1.00 bits per heavy atom. The molecular formula is C24H30N3O5P. The summed E-state index contributed by atoms with van der Waals surface area (Å²) in [6.45, 7) is 4.90. The van der Waals surface area contributed by atoms with Crippen molar-refractivity contribution in [3.05, 3.63) is 63.7 Å². The molecule has 2 aliphatic heterocycles. The molecule has 0 spiro atoms. The van der Waals surface area contributed by atoms with E-state index in [1.807, 2.05) is 28.4 Å². The highest BCUT2D eigenvalue weighted by Gasteiger charge is 2.50. The second-order valence-corrected chi connectivity index (χ2v) is 11.5. The van der Waals surface area contributed by atoms with Crippen molar-refractivity contribution >= 4 is 13.4 Å². The normalized spacial score (nSPS) is 20.4. The van der Waals surface area contributed by atoms with E-state index < -0.39 is 18.7 Å². The summed E-state index contributed by atoms with van der Waals surface area (Å²) < 4.78 is 29.0. The Hall–Kier alpha value is -2.25. The summed E-state index contributed by atoms with van der Waals surface area (Å²) in [4.78, 5) is 11.2. The highest BCUT2D eigenvalue weighted by molar-refractivity contribution is 7.54. The molecule has 0 bridgehead atoms. The third-order valence-corrected chi connectivity index (χ3v) is 9.51. The molecule has 0 radical (unpaired) electrons. The molecule has 33 heavy (non-hydrogen) atoms. The molecule has 1 atom stereocenters. The van der Waals surface area contributed by atoms with E-state index in [1.54, 1.807) is 12.1 Å². The fraction of sp³-hybridized carbons (Fsp3) is 0.500. The number of nitrogens with zero attached hydrogens (tertiary/aromatic N) is 3. The monoisotopic (exact) mass is 471 g/mol. The molecule has 1 aliphatic carbocycles. The van der Waals surface area contributed by atoms with Crippen LogP contribution in [0, 0.1) is 10.1 Å². The van der Waals surface area contributed by atoms with Gasteiger partial charge < -0.3 is 4.74 Å². The van der Waals surface area contributed by atoms with Gasteiger partial charge in [0.1, 0.15) is 5.75 Å². The first-order valence-electron chi connectivity index (χ1n) is 11.8. The van der Waals surface area contributed by atoms with Crippen LogP contribution in [0.25, 0.3) is 0 Å². The Morgan fingerprint density at radius 3 is 2.21 bits per heavy atom. The zero-order chi connectivity index (χ0) is 23.0. The molecule has 1 unspecified atom stereocenters. The Kier molecular flexibility index (Phi) is 6.27. The first-order valence-corrected chi connectivity index (χ1v) is 13.3. The lowest BCUT2D eigenvalue weighted by Gasteiger charge is -2.24. The van der Waals surface area contributed by atoms with E-state index in [1.165, 1.54) is 43.7 Å². The summed E-state index contributed by atoms with van der Waals surface area (Å²) in [5.41, 5.74) is 1.88. The minimum Gasteiger partial charge on any atom is -0.450 e. The molecule has 1 saturated carbocycles. The summed E-state index contributed by atoms with van der Waals surface area (Å²) in [6, 6.07) is 12.6. The van der Waals surface area contributed by atoms with E-state index in [0.29, 0.717) is 17.2 Å². The topological polar surface area (TPSA) is 84.7 Å². The number of hydrogen-bond donors (Lipinski definition) is 0. The lowest BCUT2D eigenvalue weighted by Crippen LogP contribution is -2.10. The van der Waals surface area contributed by atoms with Crippen LogP contribution in [0.4, 0.5) is 5.69 Å².